The molecule has 0 spiro atoms. The zero-order valence-corrected chi connectivity index (χ0v) is 41.7. The summed E-state index contributed by atoms with van der Waals surface area (Å²) < 4.78 is 33.8. The number of aliphatic hydroxyl groups is 10. The van der Waals surface area contributed by atoms with Crippen molar-refractivity contribution in [2.24, 2.45) is 23.5 Å². The van der Waals surface area contributed by atoms with Crippen molar-refractivity contribution in [3.05, 3.63) is 72.9 Å². The van der Waals surface area contributed by atoms with E-state index in [0.717, 1.165) is 19.8 Å². The fourth-order valence-electron chi connectivity index (χ4n) is 8.60. The quantitative estimate of drug-likeness (QED) is 0.137. The minimum atomic E-state index is -2.40. The maximum Gasteiger partial charge on any atom is 0.317 e. The van der Waals surface area contributed by atoms with Gasteiger partial charge in [0.1, 0.15) is 18.1 Å². The van der Waals surface area contributed by atoms with E-state index < -0.39 is 153 Å². The fourth-order valence-corrected chi connectivity index (χ4v) is 8.60. The zero-order valence-electron chi connectivity index (χ0n) is 41.7. The largest absolute Gasteiger partial charge is 0.462 e. The molecule has 3 aliphatic heterocycles. The number of hydrogen-bond acceptors (Lipinski definition) is 20. The highest BCUT2D eigenvalue weighted by Gasteiger charge is 2.52. The number of cyclic esters (lactones) is 1. The summed E-state index contributed by atoms with van der Waals surface area (Å²) in [5, 5.41) is 110. The van der Waals surface area contributed by atoms with E-state index in [1.807, 2.05) is 49.5 Å². The van der Waals surface area contributed by atoms with Crippen LogP contribution in [0.3, 0.4) is 0 Å². The van der Waals surface area contributed by atoms with Gasteiger partial charge in [-0.15, -0.1) is 0 Å². The lowest BCUT2D eigenvalue weighted by molar-refractivity contribution is -0.311. The van der Waals surface area contributed by atoms with E-state index in [4.69, 9.17) is 34.2 Å². The average Bonchev–Trinajstić information content (AvgIpc) is 3.27. The Labute approximate surface area is 416 Å². The molecule has 3 heterocycles. The summed E-state index contributed by atoms with van der Waals surface area (Å²) in [7, 11) is 0. The summed E-state index contributed by atoms with van der Waals surface area (Å²) >= 11 is 0. The number of nitrogens with two attached hydrogens (primary N) is 1. The normalized spacial score (nSPS) is 42.7. The van der Waals surface area contributed by atoms with Crippen molar-refractivity contribution in [1.29, 1.82) is 0 Å². The Morgan fingerprint density at radius 2 is 1.30 bits per heavy atom. The van der Waals surface area contributed by atoms with Crippen LogP contribution < -0.4 is 5.73 Å². The second-order valence-electron chi connectivity index (χ2n) is 19.1. The lowest BCUT2D eigenvalue weighted by Gasteiger charge is -2.46. The molecule has 12 N–H and O–H groups in total. The Morgan fingerprint density at radius 3 is 1.96 bits per heavy atom. The number of fused-ring (bicyclic) bond motifs is 2. The van der Waals surface area contributed by atoms with E-state index in [9.17, 15) is 65.4 Å². The van der Waals surface area contributed by atoms with Crippen LogP contribution in [-0.2, 0) is 42.8 Å². The summed E-state index contributed by atoms with van der Waals surface area (Å²) in [6, 6.07) is -1.17. The van der Waals surface area contributed by atoms with Crippen LogP contribution in [0.5, 0.6) is 0 Å². The molecule has 0 aromatic rings. The van der Waals surface area contributed by atoms with Gasteiger partial charge in [-0.25, -0.2) is 0 Å². The predicted octanol–water partition coefficient (Wildman–Crippen LogP) is 1.30. The van der Waals surface area contributed by atoms with Crippen LogP contribution in [0.1, 0.15) is 106 Å². The number of hydrogen-bond donors (Lipinski definition) is 11. The molecule has 3 aliphatic rings. The van der Waals surface area contributed by atoms with Gasteiger partial charge in [-0.05, 0) is 52.4 Å². The van der Waals surface area contributed by atoms with Gasteiger partial charge in [0, 0.05) is 44.9 Å². The van der Waals surface area contributed by atoms with Gasteiger partial charge in [-0.1, -0.05) is 86.8 Å². The molecular formula is C51H81NO19. The zero-order chi connectivity index (χ0) is 53.0. The van der Waals surface area contributed by atoms with Gasteiger partial charge in [0.05, 0.1) is 79.6 Å². The van der Waals surface area contributed by atoms with E-state index in [2.05, 4.69) is 0 Å². The third kappa shape index (κ3) is 21.3. The summed E-state index contributed by atoms with van der Waals surface area (Å²) in [6.07, 6.45) is 0.305. The maximum atomic E-state index is 13.7. The summed E-state index contributed by atoms with van der Waals surface area (Å²) in [5.74, 6) is -7.26. The van der Waals surface area contributed by atoms with Crippen LogP contribution >= 0.6 is 0 Å². The second-order valence-corrected chi connectivity index (χ2v) is 19.1. The molecule has 3 rings (SSSR count). The first kappa shape index (κ1) is 61.6. The highest BCUT2D eigenvalue weighted by molar-refractivity contribution is 5.74. The molecular weight excluding hydrogens is 931 g/mol. The molecule has 0 aromatic carbocycles. The minimum absolute atomic E-state index is 0.158. The molecule has 0 amide bonds. The second kappa shape index (κ2) is 30.5. The van der Waals surface area contributed by atoms with Crippen molar-refractivity contribution in [2.75, 3.05) is 0 Å². The monoisotopic (exact) mass is 1010 g/mol. The SMILES string of the molecule is CC(=O)OC(C)OC(=O)[C@@H]1C(O)C[C@@]2(O)CC(O)C(O)CCC(O)CC(O)CC(O)CC(=O)OC(C)C(C)[C@H](O)C(C)/C=C/C=C/CC/C=C/C=C/C=C/C=C/[C@H](OC3OC(C)C(O)C(N)C3O)C[C@@H]1O2. The van der Waals surface area contributed by atoms with Gasteiger partial charge in [0.15, 0.2) is 12.1 Å². The van der Waals surface area contributed by atoms with E-state index in [1.165, 1.54) is 19.9 Å². The molecule has 15 unspecified atom stereocenters. The van der Waals surface area contributed by atoms with Gasteiger partial charge in [-0.3, -0.25) is 14.4 Å². The number of esters is 3. The van der Waals surface area contributed by atoms with Gasteiger partial charge < -0.3 is 85.2 Å². The van der Waals surface area contributed by atoms with Crippen molar-refractivity contribution in [3.63, 3.8) is 0 Å². The van der Waals surface area contributed by atoms with Crippen LogP contribution in [0.2, 0.25) is 0 Å². The number of carbonyl (C=O) groups excluding carboxylic acids is 3. The molecule has 71 heavy (non-hydrogen) atoms. The number of ether oxygens (including phenoxy) is 6. The lowest BCUT2D eigenvalue weighted by Crippen LogP contribution is -2.61. The van der Waals surface area contributed by atoms with Gasteiger partial charge in [0.25, 0.3) is 0 Å². The van der Waals surface area contributed by atoms with Crippen LogP contribution in [0.15, 0.2) is 72.9 Å². The number of aliphatic hydroxyl groups excluding tert-OH is 9. The molecule has 0 radical (unpaired) electrons. The van der Waals surface area contributed by atoms with E-state index >= 15 is 0 Å². The van der Waals surface area contributed by atoms with Gasteiger partial charge in [0.2, 0.25) is 6.29 Å². The Kier molecular flexibility index (Phi) is 26.4. The van der Waals surface area contributed by atoms with Crippen LogP contribution in [-0.4, -0.2) is 173 Å². The smallest absolute Gasteiger partial charge is 0.317 e. The summed E-state index contributed by atoms with van der Waals surface area (Å²) in [4.78, 5) is 38.0. The standard InChI is InChI=1S/C51H81NO19/c1-29-19-17-15-13-11-9-7-8-10-12-14-16-18-20-38(70-50-48(63)45(52)47(62)32(4)67-50)26-42-44(49(64)69-34(6)68-33(5)53)41(59)28-51(65,71-42)27-40(58)39(57)22-21-35(54)23-36(55)24-37(56)25-43(60)66-31(3)30(2)46(29)61/h7-8,10,12-20,29-32,34-42,44-48,50,54-59,61-63,65H,9,11,21-28,52H2,1-6H3/b8-7+,12-10+,15-13+,16-14+,19-17+,20-18+/t29?,30?,31?,32?,34?,35?,36?,37?,38-,39?,40?,41?,42-,44+,45?,46+,47?,48?,50?,51+/m0/s1. The van der Waals surface area contributed by atoms with Crippen molar-refractivity contribution in [2.45, 2.75) is 210 Å². The van der Waals surface area contributed by atoms with Crippen molar-refractivity contribution >= 4 is 17.9 Å². The third-order valence-corrected chi connectivity index (χ3v) is 12.8. The highest BCUT2D eigenvalue weighted by Crippen LogP contribution is 2.39. The summed E-state index contributed by atoms with van der Waals surface area (Å²) in [6.45, 7) is 9.15. The Bertz CT molecular complexity index is 1810. The molecule has 2 fully saturated rings. The molecule has 0 aromatic heterocycles. The number of allylic oxidation sites excluding steroid dienone is 10. The first-order chi connectivity index (χ1) is 33.4. The van der Waals surface area contributed by atoms with Crippen LogP contribution in [0, 0.1) is 17.8 Å². The highest BCUT2D eigenvalue weighted by atomic mass is 16.7. The predicted molar refractivity (Wildman–Crippen MR) is 257 cm³/mol. The minimum Gasteiger partial charge on any atom is -0.462 e. The molecule has 20 heteroatoms. The lowest BCUT2D eigenvalue weighted by atomic mass is 9.82. The topological polar surface area (TPSA) is 335 Å². The Hall–Kier alpha value is -3.71. The van der Waals surface area contributed by atoms with Crippen LogP contribution in [0.4, 0.5) is 0 Å². The first-order valence-electron chi connectivity index (χ1n) is 24.6. The van der Waals surface area contributed by atoms with Crippen molar-refractivity contribution in [1.82, 2.24) is 0 Å². The van der Waals surface area contributed by atoms with Gasteiger partial charge >= 0.3 is 17.9 Å². The molecule has 20 nitrogen and oxygen atoms in total. The Morgan fingerprint density at radius 1 is 0.704 bits per heavy atom. The molecule has 2 saturated heterocycles. The van der Waals surface area contributed by atoms with E-state index in [-0.39, 0.29) is 38.0 Å². The molecule has 404 valence electrons. The van der Waals surface area contributed by atoms with E-state index in [1.54, 1.807) is 38.2 Å². The first-order valence-corrected chi connectivity index (χ1v) is 24.6. The average molecular weight is 1010 g/mol. The van der Waals surface area contributed by atoms with Crippen molar-refractivity contribution in [3.8, 4) is 0 Å². The van der Waals surface area contributed by atoms with Crippen molar-refractivity contribution < 1.29 is 93.9 Å². The number of rotatable bonds is 5. The molecule has 0 aliphatic carbocycles. The fraction of sp³-hybridized carbons (Fsp3) is 0.706. The van der Waals surface area contributed by atoms with Crippen LogP contribution in [0.25, 0.3) is 0 Å². The van der Waals surface area contributed by atoms with Gasteiger partial charge in [-0.2, -0.15) is 0 Å². The third-order valence-electron chi connectivity index (χ3n) is 12.8. The molecule has 2 bridgehead atoms. The number of carbonyl (C=O) groups is 3. The Balaban J connectivity index is 1.93. The van der Waals surface area contributed by atoms with E-state index in [0.29, 0.717) is 0 Å². The molecule has 0 saturated carbocycles. The molecule has 20 atom stereocenters. The maximum absolute atomic E-state index is 13.7. The summed E-state index contributed by atoms with van der Waals surface area (Å²) in [5.41, 5.74) is 6.08.